The molecule has 0 aliphatic heterocycles. The van der Waals surface area contributed by atoms with E-state index in [2.05, 4.69) is 32.1 Å². The van der Waals surface area contributed by atoms with Gasteiger partial charge in [0.15, 0.2) is 0 Å². The number of ether oxygens (including phenoxy) is 1. The van der Waals surface area contributed by atoms with Crippen molar-refractivity contribution in [2.24, 2.45) is 0 Å². The smallest absolute Gasteiger partial charge is 0.337 e. The van der Waals surface area contributed by atoms with E-state index in [4.69, 9.17) is 4.74 Å². The molecule has 6 nitrogen and oxygen atoms in total. The molecule has 0 fully saturated rings. The van der Waals surface area contributed by atoms with E-state index in [9.17, 15) is 9.59 Å². The Balaban J connectivity index is 1.87. The van der Waals surface area contributed by atoms with E-state index in [0.717, 1.165) is 4.47 Å². The van der Waals surface area contributed by atoms with Crippen molar-refractivity contribution in [3.8, 4) is 5.75 Å². The monoisotopic (exact) mass is 363 g/mol. The molecular weight excluding hydrogens is 350 g/mol. The van der Waals surface area contributed by atoms with E-state index in [1.807, 2.05) is 0 Å². The Kier molecular flexibility index (Phi) is 5.37. The third-order valence-corrected chi connectivity index (χ3v) is 3.25. The Hall–Kier alpha value is -2.54. The summed E-state index contributed by atoms with van der Waals surface area (Å²) in [6.45, 7) is 0. The van der Waals surface area contributed by atoms with Crippen molar-refractivity contribution in [2.75, 3.05) is 12.4 Å². The largest absolute Gasteiger partial charge is 0.497 e. The van der Waals surface area contributed by atoms with Crippen LogP contribution in [0.4, 0.5) is 10.5 Å². The summed E-state index contributed by atoms with van der Waals surface area (Å²) < 4.78 is 5.93. The number of halogens is 1. The van der Waals surface area contributed by atoms with Crippen molar-refractivity contribution in [3.05, 3.63) is 58.6 Å². The van der Waals surface area contributed by atoms with Crippen LogP contribution in [0.3, 0.4) is 0 Å². The molecule has 22 heavy (non-hydrogen) atoms. The highest BCUT2D eigenvalue weighted by molar-refractivity contribution is 9.10. The maximum Gasteiger partial charge on any atom is 0.337 e. The van der Waals surface area contributed by atoms with E-state index in [1.165, 1.54) is 7.11 Å². The van der Waals surface area contributed by atoms with E-state index < -0.39 is 11.9 Å². The van der Waals surface area contributed by atoms with Crippen LogP contribution in [0.25, 0.3) is 0 Å². The summed E-state index contributed by atoms with van der Waals surface area (Å²) in [5, 5.41) is 2.58. The molecule has 114 valence electrons. The predicted octanol–water partition coefficient (Wildman–Crippen LogP) is 2.92. The van der Waals surface area contributed by atoms with Crippen LogP contribution in [0.5, 0.6) is 5.75 Å². The van der Waals surface area contributed by atoms with E-state index in [0.29, 0.717) is 17.0 Å². The summed E-state index contributed by atoms with van der Waals surface area (Å²) in [4.78, 5) is 23.5. The zero-order chi connectivity index (χ0) is 15.9. The lowest BCUT2D eigenvalue weighted by atomic mass is 10.2. The summed E-state index contributed by atoms with van der Waals surface area (Å²) in [5.41, 5.74) is 5.58. The van der Waals surface area contributed by atoms with Crippen molar-refractivity contribution in [1.29, 1.82) is 0 Å². The number of benzene rings is 2. The zero-order valence-electron chi connectivity index (χ0n) is 11.7. The lowest BCUT2D eigenvalue weighted by Crippen LogP contribution is -2.43. The average Bonchev–Trinajstić information content (AvgIpc) is 2.53. The van der Waals surface area contributed by atoms with Crippen LogP contribution in [0.15, 0.2) is 53.0 Å². The molecule has 0 heterocycles. The van der Waals surface area contributed by atoms with Gasteiger partial charge in [-0.15, -0.1) is 0 Å². The number of carbonyl (C=O) groups excluding carboxylic acids is 2. The van der Waals surface area contributed by atoms with Gasteiger partial charge in [-0.25, -0.2) is 10.2 Å². The Bertz CT molecular complexity index is 674. The predicted molar refractivity (Wildman–Crippen MR) is 86.8 cm³/mol. The maximum atomic E-state index is 11.8. The van der Waals surface area contributed by atoms with Gasteiger partial charge in [0, 0.05) is 21.8 Å². The molecule has 0 bridgehead atoms. The fraction of sp³-hybridized carbons (Fsp3) is 0.0667. The quantitative estimate of drug-likeness (QED) is 0.733. The number of methoxy groups -OCH3 is 1. The maximum absolute atomic E-state index is 11.8. The Morgan fingerprint density at radius 3 is 2.45 bits per heavy atom. The number of rotatable bonds is 3. The molecule has 0 atom stereocenters. The van der Waals surface area contributed by atoms with Crippen LogP contribution in [0, 0.1) is 0 Å². The van der Waals surface area contributed by atoms with Gasteiger partial charge in [-0.2, -0.15) is 0 Å². The minimum absolute atomic E-state index is 0.409. The number of urea groups is 1. The lowest BCUT2D eigenvalue weighted by Gasteiger charge is -2.10. The number of nitrogens with one attached hydrogen (secondary N) is 3. The summed E-state index contributed by atoms with van der Waals surface area (Å²) in [7, 11) is 1.54. The standard InChI is InChI=1S/C15H14BrN3O3/c1-22-13-4-2-3-12(9-13)17-15(21)19-18-14(20)10-5-7-11(16)8-6-10/h2-9H,1H3,(H,18,20)(H2,17,19,21). The number of hydrogen-bond donors (Lipinski definition) is 3. The molecular formula is C15H14BrN3O3. The van der Waals surface area contributed by atoms with Crippen molar-refractivity contribution >= 4 is 33.6 Å². The molecule has 0 saturated carbocycles. The minimum Gasteiger partial charge on any atom is -0.497 e. The summed E-state index contributed by atoms with van der Waals surface area (Å²) in [5.74, 6) is 0.213. The molecule has 0 spiro atoms. The zero-order valence-corrected chi connectivity index (χ0v) is 13.3. The molecule has 0 radical (unpaired) electrons. The summed E-state index contributed by atoms with van der Waals surface area (Å²) in [6.07, 6.45) is 0. The molecule has 7 heteroatoms. The molecule has 0 unspecified atom stereocenters. The second-order valence-corrected chi connectivity index (χ2v) is 5.19. The van der Waals surface area contributed by atoms with Crippen molar-refractivity contribution in [3.63, 3.8) is 0 Å². The first-order valence-electron chi connectivity index (χ1n) is 6.35. The van der Waals surface area contributed by atoms with E-state index in [-0.39, 0.29) is 0 Å². The van der Waals surface area contributed by atoms with Gasteiger partial charge in [-0.05, 0) is 36.4 Å². The second kappa shape index (κ2) is 7.46. The normalized spacial score (nSPS) is 9.73. The first-order valence-corrected chi connectivity index (χ1v) is 7.15. The summed E-state index contributed by atoms with van der Waals surface area (Å²) >= 11 is 3.28. The molecule has 3 N–H and O–H groups in total. The lowest BCUT2D eigenvalue weighted by molar-refractivity contribution is 0.0938. The molecule has 0 aromatic heterocycles. The Morgan fingerprint density at radius 2 is 1.77 bits per heavy atom. The number of hydrogen-bond acceptors (Lipinski definition) is 3. The molecule has 3 amide bonds. The van der Waals surface area contributed by atoms with Gasteiger partial charge in [0.2, 0.25) is 0 Å². The van der Waals surface area contributed by atoms with Crippen LogP contribution in [0.1, 0.15) is 10.4 Å². The minimum atomic E-state index is -0.557. The van der Waals surface area contributed by atoms with Crippen LogP contribution in [0.2, 0.25) is 0 Å². The first-order chi connectivity index (χ1) is 10.6. The summed E-state index contributed by atoms with van der Waals surface area (Å²) in [6, 6.07) is 13.1. The number of hydrazine groups is 1. The number of anilines is 1. The van der Waals surface area contributed by atoms with Gasteiger partial charge in [-0.1, -0.05) is 22.0 Å². The topological polar surface area (TPSA) is 79.5 Å². The molecule has 2 aromatic carbocycles. The van der Waals surface area contributed by atoms with Crippen LogP contribution < -0.4 is 20.9 Å². The van der Waals surface area contributed by atoms with E-state index >= 15 is 0 Å². The van der Waals surface area contributed by atoms with Gasteiger partial charge in [0.1, 0.15) is 5.75 Å². The molecule has 0 aliphatic carbocycles. The molecule has 0 aliphatic rings. The highest BCUT2D eigenvalue weighted by Gasteiger charge is 2.07. The van der Waals surface area contributed by atoms with Gasteiger partial charge in [0.05, 0.1) is 7.11 Å². The van der Waals surface area contributed by atoms with Crippen molar-refractivity contribution < 1.29 is 14.3 Å². The van der Waals surface area contributed by atoms with Crippen LogP contribution >= 0.6 is 15.9 Å². The van der Waals surface area contributed by atoms with Crippen LogP contribution in [-0.4, -0.2) is 19.0 Å². The second-order valence-electron chi connectivity index (χ2n) is 4.27. The highest BCUT2D eigenvalue weighted by Crippen LogP contribution is 2.16. The number of carbonyl (C=O) groups is 2. The van der Waals surface area contributed by atoms with Gasteiger partial charge < -0.3 is 10.1 Å². The Morgan fingerprint density at radius 1 is 1.05 bits per heavy atom. The molecule has 0 saturated heterocycles. The molecule has 2 aromatic rings. The average molecular weight is 364 g/mol. The van der Waals surface area contributed by atoms with Crippen LogP contribution in [-0.2, 0) is 0 Å². The third-order valence-electron chi connectivity index (χ3n) is 2.72. The Labute approximate surface area is 136 Å². The fourth-order valence-corrected chi connectivity index (χ4v) is 1.91. The fourth-order valence-electron chi connectivity index (χ4n) is 1.65. The number of amides is 3. The SMILES string of the molecule is COc1cccc(NC(=O)NNC(=O)c2ccc(Br)cc2)c1. The van der Waals surface area contributed by atoms with Gasteiger partial charge in [0.25, 0.3) is 5.91 Å². The molecule has 2 rings (SSSR count). The van der Waals surface area contributed by atoms with E-state index in [1.54, 1.807) is 48.5 Å². The van der Waals surface area contributed by atoms with Gasteiger partial charge in [-0.3, -0.25) is 10.2 Å². The third kappa shape index (κ3) is 4.49. The first kappa shape index (κ1) is 15.8. The van der Waals surface area contributed by atoms with Crippen molar-refractivity contribution in [1.82, 2.24) is 10.9 Å². The highest BCUT2D eigenvalue weighted by atomic mass is 79.9. The van der Waals surface area contributed by atoms with Gasteiger partial charge >= 0.3 is 6.03 Å². The van der Waals surface area contributed by atoms with Crippen molar-refractivity contribution in [2.45, 2.75) is 0 Å².